The molecular weight excluding hydrogens is 344 g/mol. The van der Waals surface area contributed by atoms with Gasteiger partial charge in [-0.25, -0.2) is 5.43 Å². The van der Waals surface area contributed by atoms with Crippen LogP contribution in [0.25, 0.3) is 0 Å². The summed E-state index contributed by atoms with van der Waals surface area (Å²) in [5, 5.41) is 29.6. The van der Waals surface area contributed by atoms with Gasteiger partial charge in [-0.15, -0.1) is 0 Å². The van der Waals surface area contributed by atoms with Crippen molar-refractivity contribution in [1.82, 2.24) is 10.9 Å². The maximum Gasteiger partial charge on any atom is 0.322 e. The van der Waals surface area contributed by atoms with Gasteiger partial charge in [0.05, 0.1) is 10.5 Å². The average Bonchev–Trinajstić information content (AvgIpc) is 2.59. The standard InChI is InChI=1S/C16H16N4O6/c17-11-4-2-1-3-10(11)15(22)19-18-12(16(23)24)7-9-5-6-14(21)13(8-9)20(25)26/h1-6,8,12,18,21H,7,17H2,(H,19,22)(H,23,24)/t12-/m0/s1. The van der Waals surface area contributed by atoms with E-state index in [-0.39, 0.29) is 17.7 Å². The summed E-state index contributed by atoms with van der Waals surface area (Å²) in [7, 11) is 0. The largest absolute Gasteiger partial charge is 0.502 e. The fourth-order valence-electron chi connectivity index (χ4n) is 2.20. The number of amides is 1. The molecule has 0 aliphatic carbocycles. The van der Waals surface area contributed by atoms with Crippen molar-refractivity contribution in [1.29, 1.82) is 0 Å². The predicted octanol–water partition coefficient (Wildman–Crippen LogP) is 0.813. The fourth-order valence-corrected chi connectivity index (χ4v) is 2.20. The van der Waals surface area contributed by atoms with Crippen molar-refractivity contribution in [3.63, 3.8) is 0 Å². The van der Waals surface area contributed by atoms with Crippen LogP contribution in [0.15, 0.2) is 42.5 Å². The summed E-state index contributed by atoms with van der Waals surface area (Å²) in [6, 6.07) is 8.54. The van der Waals surface area contributed by atoms with Gasteiger partial charge in [0.25, 0.3) is 5.91 Å². The number of aromatic hydroxyl groups is 1. The van der Waals surface area contributed by atoms with Crippen molar-refractivity contribution >= 4 is 23.3 Å². The molecule has 0 fully saturated rings. The molecule has 2 aromatic carbocycles. The Morgan fingerprint density at radius 3 is 2.54 bits per heavy atom. The molecule has 0 heterocycles. The van der Waals surface area contributed by atoms with Crippen LogP contribution >= 0.6 is 0 Å². The van der Waals surface area contributed by atoms with E-state index < -0.39 is 34.3 Å². The number of hydrogen-bond donors (Lipinski definition) is 5. The van der Waals surface area contributed by atoms with Crippen molar-refractivity contribution in [3.05, 3.63) is 63.7 Å². The van der Waals surface area contributed by atoms with Crippen molar-refractivity contribution in [3.8, 4) is 5.75 Å². The van der Waals surface area contributed by atoms with Crippen molar-refractivity contribution < 1.29 is 24.7 Å². The molecule has 0 aromatic heterocycles. The van der Waals surface area contributed by atoms with E-state index >= 15 is 0 Å². The molecule has 0 bridgehead atoms. The number of para-hydroxylation sites is 1. The number of hydrazine groups is 1. The first kappa shape index (κ1) is 18.7. The monoisotopic (exact) mass is 360 g/mol. The van der Waals surface area contributed by atoms with Crippen LogP contribution in [0.2, 0.25) is 0 Å². The van der Waals surface area contributed by atoms with Crippen LogP contribution < -0.4 is 16.6 Å². The molecule has 10 nitrogen and oxygen atoms in total. The lowest BCUT2D eigenvalue weighted by Crippen LogP contribution is -2.49. The zero-order valence-corrected chi connectivity index (χ0v) is 13.4. The number of benzene rings is 2. The number of rotatable bonds is 7. The maximum absolute atomic E-state index is 12.1. The van der Waals surface area contributed by atoms with Gasteiger partial charge in [-0.05, 0) is 23.8 Å². The number of aliphatic carboxylic acids is 1. The second kappa shape index (κ2) is 7.94. The van der Waals surface area contributed by atoms with Crippen molar-refractivity contribution in [2.24, 2.45) is 0 Å². The van der Waals surface area contributed by atoms with Crippen LogP contribution in [0.1, 0.15) is 15.9 Å². The number of nitro benzene ring substituents is 1. The highest BCUT2D eigenvalue weighted by Crippen LogP contribution is 2.26. The summed E-state index contributed by atoms with van der Waals surface area (Å²) < 4.78 is 0. The molecule has 0 aliphatic heterocycles. The van der Waals surface area contributed by atoms with Crippen LogP contribution in [-0.4, -0.2) is 33.1 Å². The van der Waals surface area contributed by atoms with Gasteiger partial charge in [0, 0.05) is 18.2 Å². The number of anilines is 1. The van der Waals surface area contributed by atoms with Gasteiger partial charge in [-0.2, -0.15) is 0 Å². The van der Waals surface area contributed by atoms with E-state index in [9.17, 15) is 29.9 Å². The van der Waals surface area contributed by atoms with E-state index in [1.807, 2.05) is 0 Å². The Morgan fingerprint density at radius 1 is 1.23 bits per heavy atom. The Hall–Kier alpha value is -3.66. The molecule has 1 amide bonds. The highest BCUT2D eigenvalue weighted by Gasteiger charge is 2.21. The van der Waals surface area contributed by atoms with Gasteiger partial charge in [0.1, 0.15) is 6.04 Å². The van der Waals surface area contributed by atoms with Crippen LogP contribution in [0.5, 0.6) is 5.75 Å². The zero-order chi connectivity index (χ0) is 19.3. The third kappa shape index (κ3) is 4.45. The van der Waals surface area contributed by atoms with Crippen LogP contribution in [0.3, 0.4) is 0 Å². The summed E-state index contributed by atoms with van der Waals surface area (Å²) in [5.74, 6) is -2.42. The first-order valence-corrected chi connectivity index (χ1v) is 7.39. The lowest BCUT2D eigenvalue weighted by molar-refractivity contribution is -0.385. The van der Waals surface area contributed by atoms with Crippen LogP contribution in [0.4, 0.5) is 11.4 Å². The van der Waals surface area contributed by atoms with Gasteiger partial charge < -0.3 is 15.9 Å². The summed E-state index contributed by atoms with van der Waals surface area (Å²) >= 11 is 0. The predicted molar refractivity (Wildman–Crippen MR) is 91.3 cm³/mol. The van der Waals surface area contributed by atoms with E-state index in [2.05, 4.69) is 10.9 Å². The second-order valence-corrected chi connectivity index (χ2v) is 5.36. The highest BCUT2D eigenvalue weighted by atomic mass is 16.6. The second-order valence-electron chi connectivity index (χ2n) is 5.36. The zero-order valence-electron chi connectivity index (χ0n) is 13.4. The number of hydrogen-bond acceptors (Lipinski definition) is 7. The summed E-state index contributed by atoms with van der Waals surface area (Å²) in [5.41, 5.74) is 10.5. The van der Waals surface area contributed by atoms with E-state index in [0.717, 1.165) is 12.1 Å². The number of phenolic OH excluding ortho intramolecular Hbond substituents is 1. The number of nitrogens with zero attached hydrogens (tertiary/aromatic N) is 1. The Morgan fingerprint density at radius 2 is 1.92 bits per heavy atom. The van der Waals surface area contributed by atoms with E-state index in [1.165, 1.54) is 18.2 Å². The number of nitro groups is 1. The molecule has 26 heavy (non-hydrogen) atoms. The van der Waals surface area contributed by atoms with Crippen LogP contribution in [-0.2, 0) is 11.2 Å². The molecule has 0 unspecified atom stereocenters. The summed E-state index contributed by atoms with van der Waals surface area (Å²) in [6.45, 7) is 0. The molecule has 2 rings (SSSR count). The molecule has 0 radical (unpaired) electrons. The van der Waals surface area contributed by atoms with Gasteiger partial charge in [-0.3, -0.25) is 25.1 Å². The van der Waals surface area contributed by atoms with Gasteiger partial charge >= 0.3 is 11.7 Å². The number of nitrogen functional groups attached to an aromatic ring is 1. The number of nitrogens with one attached hydrogen (secondary N) is 2. The van der Waals surface area contributed by atoms with E-state index in [1.54, 1.807) is 12.1 Å². The maximum atomic E-state index is 12.1. The molecule has 0 saturated heterocycles. The first-order valence-electron chi connectivity index (χ1n) is 7.39. The molecule has 10 heteroatoms. The molecule has 0 aliphatic rings. The molecule has 1 atom stereocenters. The topological polar surface area (TPSA) is 168 Å². The molecular formula is C16H16N4O6. The smallest absolute Gasteiger partial charge is 0.322 e. The first-order chi connectivity index (χ1) is 12.3. The SMILES string of the molecule is Nc1ccccc1C(=O)NN[C@@H](Cc1ccc(O)c([N+](=O)[O-])c1)C(=O)O. The van der Waals surface area contributed by atoms with Gasteiger partial charge in [0.15, 0.2) is 5.75 Å². The normalized spacial score (nSPS) is 11.5. The van der Waals surface area contributed by atoms with E-state index in [4.69, 9.17) is 5.73 Å². The average molecular weight is 360 g/mol. The fraction of sp³-hybridized carbons (Fsp3) is 0.125. The number of carboxylic acids is 1. The number of carboxylic acid groups (broad SMARTS) is 1. The lowest BCUT2D eigenvalue weighted by atomic mass is 10.1. The van der Waals surface area contributed by atoms with Crippen molar-refractivity contribution in [2.45, 2.75) is 12.5 Å². The third-order valence-electron chi connectivity index (χ3n) is 3.54. The van der Waals surface area contributed by atoms with Gasteiger partial charge in [-0.1, -0.05) is 18.2 Å². The van der Waals surface area contributed by atoms with Crippen molar-refractivity contribution in [2.75, 3.05) is 5.73 Å². The minimum Gasteiger partial charge on any atom is -0.502 e. The van der Waals surface area contributed by atoms with E-state index in [0.29, 0.717) is 5.56 Å². The Labute approximate surface area is 147 Å². The number of phenols is 1. The summed E-state index contributed by atoms with van der Waals surface area (Å²) in [6.07, 6.45) is -0.166. The lowest BCUT2D eigenvalue weighted by Gasteiger charge is -2.16. The Kier molecular flexibility index (Phi) is 5.71. The van der Waals surface area contributed by atoms with Gasteiger partial charge in [0.2, 0.25) is 0 Å². The third-order valence-corrected chi connectivity index (χ3v) is 3.54. The molecule has 6 N–H and O–H groups in total. The number of carbonyl (C=O) groups excluding carboxylic acids is 1. The highest BCUT2D eigenvalue weighted by molar-refractivity contribution is 5.98. The van der Waals surface area contributed by atoms with Crippen LogP contribution in [0, 0.1) is 10.1 Å². The minimum absolute atomic E-state index is 0.166. The Bertz CT molecular complexity index is 854. The number of nitrogens with two attached hydrogens (primary N) is 1. The molecule has 136 valence electrons. The molecule has 0 saturated carbocycles. The molecule has 0 spiro atoms. The Balaban J connectivity index is 2.09. The molecule has 2 aromatic rings. The quantitative estimate of drug-likeness (QED) is 0.274. The summed E-state index contributed by atoms with van der Waals surface area (Å²) in [4.78, 5) is 33.5. The number of carbonyl (C=O) groups is 2. The minimum atomic E-state index is -1.28.